The molecule has 0 fully saturated rings. The summed E-state index contributed by atoms with van der Waals surface area (Å²) in [5.74, 6) is 0. The molecule has 0 bridgehead atoms. The number of nitrogens with one attached hydrogen (secondary N) is 1. The number of halogens is 1. The second-order valence-electron chi connectivity index (χ2n) is 4.56. The number of hydrogen-bond donors (Lipinski definition) is 1. The maximum Gasteiger partial charge on any atom is 0.0751 e. The summed E-state index contributed by atoms with van der Waals surface area (Å²) in [6, 6.07) is 8.70. The Bertz CT molecular complexity index is 548. The smallest absolute Gasteiger partial charge is 0.0751 e. The molecule has 0 aliphatic carbocycles. The van der Waals surface area contributed by atoms with Crippen molar-refractivity contribution < 1.29 is 0 Å². The van der Waals surface area contributed by atoms with Gasteiger partial charge in [0.05, 0.1) is 11.7 Å². The lowest BCUT2D eigenvalue weighted by Gasteiger charge is -2.21. The van der Waals surface area contributed by atoms with Gasteiger partial charge >= 0.3 is 0 Å². The van der Waals surface area contributed by atoms with Crippen LogP contribution in [0.1, 0.15) is 36.7 Å². The topological polar surface area (TPSA) is 29.9 Å². The van der Waals surface area contributed by atoms with Gasteiger partial charge in [0.1, 0.15) is 0 Å². The van der Waals surface area contributed by atoms with Crippen molar-refractivity contribution in [3.05, 3.63) is 51.8 Å². The van der Waals surface area contributed by atoms with E-state index in [1.165, 1.54) is 16.8 Å². The Balaban J connectivity index is 2.48. The van der Waals surface area contributed by atoms with E-state index in [1.807, 2.05) is 10.9 Å². The first-order valence-corrected chi connectivity index (χ1v) is 7.47. The third-order valence-corrected chi connectivity index (χ3v) is 3.80. The zero-order valence-electron chi connectivity index (χ0n) is 11.7. The lowest BCUT2D eigenvalue weighted by molar-refractivity contribution is 0.541. The molecular weight excluding hydrogens is 302 g/mol. The summed E-state index contributed by atoms with van der Waals surface area (Å²) in [6.07, 6.45) is 1.87. The van der Waals surface area contributed by atoms with Crippen molar-refractivity contribution in [2.75, 3.05) is 6.54 Å². The molecule has 2 aromatic rings. The number of nitrogens with zero attached hydrogens (tertiary/aromatic N) is 2. The Kier molecular flexibility index (Phi) is 4.77. The SMILES string of the molecule is CCNC(c1cc(Br)ccc1C)c1ccnn1CC. The van der Waals surface area contributed by atoms with Gasteiger partial charge < -0.3 is 5.32 Å². The molecule has 1 N–H and O–H groups in total. The van der Waals surface area contributed by atoms with E-state index in [4.69, 9.17) is 0 Å². The fourth-order valence-electron chi connectivity index (χ4n) is 2.35. The van der Waals surface area contributed by atoms with Crippen LogP contribution in [-0.2, 0) is 6.54 Å². The summed E-state index contributed by atoms with van der Waals surface area (Å²) in [5.41, 5.74) is 3.80. The number of hydrogen-bond acceptors (Lipinski definition) is 2. The first kappa shape index (κ1) is 14.3. The van der Waals surface area contributed by atoms with Crippen LogP contribution in [0, 0.1) is 6.92 Å². The molecule has 0 spiro atoms. The van der Waals surface area contributed by atoms with Gasteiger partial charge in [-0.3, -0.25) is 4.68 Å². The predicted molar refractivity (Wildman–Crippen MR) is 82.3 cm³/mol. The van der Waals surface area contributed by atoms with Crippen molar-refractivity contribution in [2.24, 2.45) is 0 Å². The Hall–Kier alpha value is -1.13. The van der Waals surface area contributed by atoms with Crippen LogP contribution in [0.15, 0.2) is 34.9 Å². The van der Waals surface area contributed by atoms with Crippen molar-refractivity contribution in [1.82, 2.24) is 15.1 Å². The lowest BCUT2D eigenvalue weighted by atomic mass is 9.98. The molecule has 3 nitrogen and oxygen atoms in total. The van der Waals surface area contributed by atoms with Crippen molar-refractivity contribution in [3.63, 3.8) is 0 Å². The van der Waals surface area contributed by atoms with Crippen molar-refractivity contribution in [2.45, 2.75) is 33.4 Å². The van der Waals surface area contributed by atoms with Gasteiger partial charge in [-0.1, -0.05) is 28.9 Å². The molecule has 19 heavy (non-hydrogen) atoms. The van der Waals surface area contributed by atoms with Gasteiger partial charge in [-0.2, -0.15) is 5.10 Å². The second-order valence-corrected chi connectivity index (χ2v) is 5.48. The molecular formula is C15H20BrN3. The fraction of sp³-hybridized carbons (Fsp3) is 0.400. The fourth-order valence-corrected chi connectivity index (χ4v) is 2.73. The van der Waals surface area contributed by atoms with Gasteiger partial charge in [-0.25, -0.2) is 0 Å². The van der Waals surface area contributed by atoms with E-state index >= 15 is 0 Å². The van der Waals surface area contributed by atoms with Crippen molar-refractivity contribution >= 4 is 15.9 Å². The van der Waals surface area contributed by atoms with E-state index in [2.05, 4.69) is 71.4 Å². The summed E-state index contributed by atoms with van der Waals surface area (Å²) in [6.45, 7) is 8.21. The minimum absolute atomic E-state index is 0.185. The molecule has 0 aliphatic heterocycles. The highest BCUT2D eigenvalue weighted by atomic mass is 79.9. The standard InChI is InChI=1S/C15H20BrN3/c1-4-17-15(14-8-9-18-19(14)5-2)13-10-12(16)7-6-11(13)3/h6-10,15,17H,4-5H2,1-3H3. The number of rotatable bonds is 5. The average molecular weight is 322 g/mol. The van der Waals surface area contributed by atoms with Crippen LogP contribution < -0.4 is 5.32 Å². The van der Waals surface area contributed by atoms with Gasteiger partial charge in [0, 0.05) is 17.2 Å². The van der Waals surface area contributed by atoms with Gasteiger partial charge in [0.2, 0.25) is 0 Å². The molecule has 2 rings (SSSR count). The van der Waals surface area contributed by atoms with E-state index in [0.717, 1.165) is 17.6 Å². The second kappa shape index (κ2) is 6.35. The maximum absolute atomic E-state index is 4.38. The molecule has 102 valence electrons. The molecule has 1 aromatic heterocycles. The first-order valence-electron chi connectivity index (χ1n) is 6.68. The monoisotopic (exact) mass is 321 g/mol. The highest BCUT2D eigenvalue weighted by molar-refractivity contribution is 9.10. The van der Waals surface area contributed by atoms with E-state index in [1.54, 1.807) is 0 Å². The van der Waals surface area contributed by atoms with E-state index in [0.29, 0.717) is 0 Å². The predicted octanol–water partition coefficient (Wildman–Crippen LogP) is 3.67. The molecule has 4 heteroatoms. The minimum atomic E-state index is 0.185. The van der Waals surface area contributed by atoms with E-state index in [-0.39, 0.29) is 6.04 Å². The summed E-state index contributed by atoms with van der Waals surface area (Å²) >= 11 is 3.56. The van der Waals surface area contributed by atoms with Gasteiger partial charge in [0.25, 0.3) is 0 Å². The Morgan fingerprint density at radius 1 is 1.32 bits per heavy atom. The Morgan fingerprint density at radius 2 is 2.11 bits per heavy atom. The van der Waals surface area contributed by atoms with E-state index < -0.39 is 0 Å². The van der Waals surface area contributed by atoms with Crippen LogP contribution in [0.4, 0.5) is 0 Å². The van der Waals surface area contributed by atoms with Gasteiger partial charge in [-0.15, -0.1) is 0 Å². The third-order valence-electron chi connectivity index (χ3n) is 3.31. The highest BCUT2D eigenvalue weighted by Crippen LogP contribution is 2.27. The first-order chi connectivity index (χ1) is 9.17. The number of aromatic nitrogens is 2. The average Bonchev–Trinajstić information content (AvgIpc) is 2.87. The third kappa shape index (κ3) is 3.07. The zero-order valence-corrected chi connectivity index (χ0v) is 13.2. The Labute approximate surface area is 123 Å². The van der Waals surface area contributed by atoms with Crippen LogP contribution in [0.3, 0.4) is 0 Å². The van der Waals surface area contributed by atoms with Crippen LogP contribution >= 0.6 is 15.9 Å². The summed E-state index contributed by atoms with van der Waals surface area (Å²) in [7, 11) is 0. The minimum Gasteiger partial charge on any atom is -0.305 e. The quantitative estimate of drug-likeness (QED) is 0.910. The van der Waals surface area contributed by atoms with Crippen LogP contribution in [0.5, 0.6) is 0 Å². The normalized spacial score (nSPS) is 12.6. The maximum atomic E-state index is 4.38. The van der Waals surface area contributed by atoms with Gasteiger partial charge in [-0.05, 0) is 49.7 Å². The largest absolute Gasteiger partial charge is 0.305 e. The van der Waals surface area contributed by atoms with Crippen molar-refractivity contribution in [1.29, 1.82) is 0 Å². The summed E-state index contributed by atoms with van der Waals surface area (Å²) in [4.78, 5) is 0. The number of benzene rings is 1. The molecule has 0 saturated carbocycles. The van der Waals surface area contributed by atoms with Crippen molar-refractivity contribution in [3.8, 4) is 0 Å². The lowest BCUT2D eigenvalue weighted by Crippen LogP contribution is -2.25. The molecule has 1 heterocycles. The molecule has 0 aliphatic rings. The molecule has 0 amide bonds. The Morgan fingerprint density at radius 3 is 2.79 bits per heavy atom. The molecule has 0 saturated heterocycles. The summed E-state index contributed by atoms with van der Waals surface area (Å²) < 4.78 is 3.16. The molecule has 1 aromatic carbocycles. The van der Waals surface area contributed by atoms with Gasteiger partial charge in [0.15, 0.2) is 0 Å². The highest BCUT2D eigenvalue weighted by Gasteiger charge is 2.18. The van der Waals surface area contributed by atoms with E-state index in [9.17, 15) is 0 Å². The summed E-state index contributed by atoms with van der Waals surface area (Å²) in [5, 5.41) is 7.94. The zero-order chi connectivity index (χ0) is 13.8. The number of aryl methyl sites for hydroxylation is 2. The molecule has 0 radical (unpaired) electrons. The van der Waals surface area contributed by atoms with Crippen LogP contribution in [-0.4, -0.2) is 16.3 Å². The van der Waals surface area contributed by atoms with Crippen LogP contribution in [0.25, 0.3) is 0 Å². The molecule has 1 unspecified atom stereocenters. The molecule has 1 atom stereocenters. The van der Waals surface area contributed by atoms with Crippen LogP contribution in [0.2, 0.25) is 0 Å².